The lowest BCUT2D eigenvalue weighted by Crippen LogP contribution is -2.50. The molecule has 2 aliphatic rings. The lowest BCUT2D eigenvalue weighted by molar-refractivity contribution is -0.139. The zero-order valence-electron chi connectivity index (χ0n) is 10.3. The van der Waals surface area contributed by atoms with E-state index in [0.717, 1.165) is 23.5 Å². The number of carbonyl (C=O) groups excluding carboxylic acids is 2. The third-order valence-electron chi connectivity index (χ3n) is 3.97. The first-order chi connectivity index (χ1) is 9.11. The summed E-state index contributed by atoms with van der Waals surface area (Å²) in [5, 5.41) is 3.10. The maximum absolute atomic E-state index is 12.3. The first-order valence-corrected chi connectivity index (χ1v) is 7.81. The normalized spacial score (nSPS) is 30.7. The van der Waals surface area contributed by atoms with E-state index >= 15 is 0 Å². The zero-order chi connectivity index (χ0) is 13.5. The Morgan fingerprint density at radius 2 is 2.21 bits per heavy atom. The Balaban J connectivity index is 2.05. The number of hydrogen-bond donors (Lipinski definition) is 1. The predicted octanol–water partition coefficient (Wildman–Crippen LogP) is 2.59. The van der Waals surface area contributed by atoms with Gasteiger partial charge in [0.15, 0.2) is 0 Å². The largest absolute Gasteiger partial charge is 0.296 e. The van der Waals surface area contributed by atoms with Crippen LogP contribution in [0, 0.1) is 5.41 Å². The third kappa shape index (κ3) is 2.28. The van der Waals surface area contributed by atoms with Gasteiger partial charge in [-0.25, -0.2) is 0 Å². The molecule has 2 unspecified atom stereocenters. The number of imide groups is 1. The summed E-state index contributed by atoms with van der Waals surface area (Å²) in [6.07, 6.45) is 1.34. The summed E-state index contributed by atoms with van der Waals surface area (Å²) >= 11 is 7.85. The molecule has 0 aliphatic carbocycles. The molecule has 0 aromatic heterocycles. The van der Waals surface area contributed by atoms with Gasteiger partial charge < -0.3 is 0 Å². The van der Waals surface area contributed by atoms with Crippen molar-refractivity contribution >= 4 is 35.2 Å². The number of amides is 2. The first kappa shape index (κ1) is 13.0. The van der Waals surface area contributed by atoms with Gasteiger partial charge in [-0.3, -0.25) is 14.9 Å². The molecule has 0 bridgehead atoms. The number of benzene rings is 1. The van der Waals surface area contributed by atoms with Gasteiger partial charge in [0.2, 0.25) is 11.8 Å². The fourth-order valence-corrected chi connectivity index (χ4v) is 4.85. The average Bonchev–Trinajstić information content (AvgIpc) is 2.76. The molecular weight excluding hydrogens is 282 g/mol. The molecule has 1 spiro atoms. The summed E-state index contributed by atoms with van der Waals surface area (Å²) in [4.78, 5) is 24.0. The first-order valence-electron chi connectivity index (χ1n) is 6.28. The van der Waals surface area contributed by atoms with Gasteiger partial charge in [-0.2, -0.15) is 11.8 Å². The van der Waals surface area contributed by atoms with Gasteiger partial charge in [0.05, 0.1) is 5.92 Å². The van der Waals surface area contributed by atoms with Gasteiger partial charge in [-0.05, 0) is 29.9 Å². The molecule has 100 valence electrons. The second kappa shape index (κ2) is 4.84. The van der Waals surface area contributed by atoms with Crippen LogP contribution in [0.15, 0.2) is 24.3 Å². The molecule has 3 rings (SSSR count). The Labute approximate surface area is 121 Å². The average molecular weight is 296 g/mol. The van der Waals surface area contributed by atoms with Gasteiger partial charge >= 0.3 is 0 Å². The van der Waals surface area contributed by atoms with Crippen LogP contribution >= 0.6 is 23.4 Å². The minimum Gasteiger partial charge on any atom is -0.296 e. The Morgan fingerprint density at radius 1 is 1.37 bits per heavy atom. The smallest absolute Gasteiger partial charge is 0.234 e. The predicted molar refractivity (Wildman–Crippen MR) is 76.3 cm³/mol. The number of halogens is 1. The number of thioether (sulfide) groups is 1. The minimum absolute atomic E-state index is 0.147. The molecule has 2 fully saturated rings. The number of hydrogen-bond acceptors (Lipinski definition) is 3. The molecule has 1 aromatic carbocycles. The zero-order valence-corrected chi connectivity index (χ0v) is 11.9. The maximum Gasteiger partial charge on any atom is 0.234 e. The van der Waals surface area contributed by atoms with Crippen LogP contribution in [-0.4, -0.2) is 23.3 Å². The molecular formula is C14H14ClNO2S. The van der Waals surface area contributed by atoms with Crippen molar-refractivity contribution in [3.63, 3.8) is 0 Å². The number of carbonyl (C=O) groups is 2. The summed E-state index contributed by atoms with van der Waals surface area (Å²) in [6, 6.07) is 7.42. The topological polar surface area (TPSA) is 46.2 Å². The molecule has 5 heteroatoms. The van der Waals surface area contributed by atoms with Crippen LogP contribution in [0.5, 0.6) is 0 Å². The second-order valence-electron chi connectivity index (χ2n) is 5.24. The third-order valence-corrected chi connectivity index (χ3v) is 5.47. The standard InChI is InChI=1S/C14H14ClNO2S/c15-10-3-1-2-9(6-10)12-13(18)16-11(17)7-14(12)4-5-19-8-14/h1-3,6,12H,4-5,7-8H2,(H,16,17,18). The molecule has 2 heterocycles. The van der Waals surface area contributed by atoms with E-state index in [-0.39, 0.29) is 23.1 Å². The number of piperidine rings is 1. The minimum atomic E-state index is -0.265. The Kier molecular flexibility index (Phi) is 3.31. The highest BCUT2D eigenvalue weighted by Crippen LogP contribution is 2.51. The van der Waals surface area contributed by atoms with Gasteiger partial charge in [0.1, 0.15) is 0 Å². The molecule has 2 atom stereocenters. The molecule has 2 amide bonds. The molecule has 2 aliphatic heterocycles. The van der Waals surface area contributed by atoms with E-state index < -0.39 is 0 Å². The molecule has 3 nitrogen and oxygen atoms in total. The Morgan fingerprint density at radius 3 is 2.89 bits per heavy atom. The van der Waals surface area contributed by atoms with E-state index in [2.05, 4.69) is 5.32 Å². The quantitative estimate of drug-likeness (QED) is 0.810. The molecule has 1 aromatic rings. The van der Waals surface area contributed by atoms with Crippen LogP contribution in [0.4, 0.5) is 0 Å². The van der Waals surface area contributed by atoms with Crippen LogP contribution in [0.1, 0.15) is 24.3 Å². The highest BCUT2D eigenvalue weighted by molar-refractivity contribution is 7.99. The molecule has 19 heavy (non-hydrogen) atoms. The van der Waals surface area contributed by atoms with E-state index in [0.29, 0.717) is 11.4 Å². The van der Waals surface area contributed by atoms with Crippen molar-refractivity contribution < 1.29 is 9.59 Å². The van der Waals surface area contributed by atoms with Crippen LogP contribution in [0.2, 0.25) is 5.02 Å². The van der Waals surface area contributed by atoms with Crippen LogP contribution < -0.4 is 5.32 Å². The summed E-state index contributed by atoms with van der Waals surface area (Å²) in [7, 11) is 0. The van der Waals surface area contributed by atoms with Gasteiger partial charge in [-0.15, -0.1) is 0 Å². The molecule has 0 radical (unpaired) electrons. The maximum atomic E-state index is 12.3. The lowest BCUT2D eigenvalue weighted by Gasteiger charge is -2.39. The van der Waals surface area contributed by atoms with Gasteiger partial charge in [0, 0.05) is 22.6 Å². The van der Waals surface area contributed by atoms with Crippen molar-refractivity contribution in [2.75, 3.05) is 11.5 Å². The van der Waals surface area contributed by atoms with Crippen LogP contribution in [0.3, 0.4) is 0 Å². The number of rotatable bonds is 1. The van der Waals surface area contributed by atoms with Crippen molar-refractivity contribution in [2.24, 2.45) is 5.41 Å². The van der Waals surface area contributed by atoms with Gasteiger partial charge in [-0.1, -0.05) is 23.7 Å². The van der Waals surface area contributed by atoms with Crippen molar-refractivity contribution in [1.82, 2.24) is 5.32 Å². The lowest BCUT2D eigenvalue weighted by atomic mass is 9.67. The van der Waals surface area contributed by atoms with E-state index in [1.165, 1.54) is 0 Å². The number of nitrogens with one attached hydrogen (secondary N) is 1. The summed E-state index contributed by atoms with van der Waals surface area (Å²) in [5.41, 5.74) is 0.689. The van der Waals surface area contributed by atoms with Crippen LogP contribution in [0.25, 0.3) is 0 Å². The van der Waals surface area contributed by atoms with E-state index in [1.807, 2.05) is 30.0 Å². The van der Waals surface area contributed by atoms with Crippen molar-refractivity contribution in [1.29, 1.82) is 0 Å². The summed E-state index contributed by atoms with van der Waals surface area (Å²) < 4.78 is 0. The van der Waals surface area contributed by atoms with E-state index in [1.54, 1.807) is 6.07 Å². The Hall–Kier alpha value is -1.00. The van der Waals surface area contributed by atoms with Gasteiger partial charge in [0.25, 0.3) is 0 Å². The summed E-state index contributed by atoms with van der Waals surface area (Å²) in [5.74, 6) is 1.28. The summed E-state index contributed by atoms with van der Waals surface area (Å²) in [6.45, 7) is 0. The SMILES string of the molecule is O=C1CC2(CCSC2)C(c2cccc(Cl)c2)C(=O)N1. The highest BCUT2D eigenvalue weighted by Gasteiger charge is 2.50. The molecule has 2 saturated heterocycles. The van der Waals surface area contributed by atoms with E-state index in [9.17, 15) is 9.59 Å². The fraction of sp³-hybridized carbons (Fsp3) is 0.429. The fourth-order valence-electron chi connectivity index (χ4n) is 3.13. The highest BCUT2D eigenvalue weighted by atomic mass is 35.5. The van der Waals surface area contributed by atoms with E-state index in [4.69, 9.17) is 11.6 Å². The second-order valence-corrected chi connectivity index (χ2v) is 6.78. The van der Waals surface area contributed by atoms with Crippen molar-refractivity contribution in [2.45, 2.75) is 18.8 Å². The van der Waals surface area contributed by atoms with Crippen LogP contribution in [-0.2, 0) is 9.59 Å². The van der Waals surface area contributed by atoms with Crippen molar-refractivity contribution in [3.05, 3.63) is 34.9 Å². The molecule has 0 saturated carbocycles. The molecule has 1 N–H and O–H groups in total. The monoisotopic (exact) mass is 295 g/mol. The Bertz CT molecular complexity index is 540. The van der Waals surface area contributed by atoms with Crippen molar-refractivity contribution in [3.8, 4) is 0 Å².